The van der Waals surface area contributed by atoms with Crippen LogP contribution in [0, 0.1) is 0 Å². The van der Waals surface area contributed by atoms with E-state index in [2.05, 4.69) is 28.2 Å². The highest BCUT2D eigenvalue weighted by Crippen LogP contribution is 2.20. The molecule has 1 aliphatic rings. The number of urea groups is 2. The molecule has 4 N–H and O–H groups in total. The Morgan fingerprint density at radius 3 is 2.35 bits per heavy atom. The van der Waals surface area contributed by atoms with Crippen molar-refractivity contribution in [1.82, 2.24) is 21.3 Å². The van der Waals surface area contributed by atoms with Crippen molar-refractivity contribution < 1.29 is 19.2 Å². The monoisotopic (exact) mass is 404 g/mol. The second-order valence-electron chi connectivity index (χ2n) is 5.99. The number of unbranched alkanes of at least 4 members (excludes halogenated alkanes) is 3. The Labute approximate surface area is 162 Å². The van der Waals surface area contributed by atoms with Crippen LogP contribution >= 0.6 is 21.6 Å². The van der Waals surface area contributed by atoms with E-state index in [0.29, 0.717) is 18.7 Å². The number of carbonyl (C=O) groups is 4. The van der Waals surface area contributed by atoms with Gasteiger partial charge in [0.1, 0.15) is 0 Å². The van der Waals surface area contributed by atoms with Crippen molar-refractivity contribution in [2.75, 3.05) is 18.1 Å². The molecule has 1 aliphatic carbocycles. The second-order valence-corrected chi connectivity index (χ2v) is 8.58. The zero-order chi connectivity index (χ0) is 19.2. The molecule has 0 radical (unpaired) electrons. The van der Waals surface area contributed by atoms with Gasteiger partial charge in [0.15, 0.2) is 0 Å². The van der Waals surface area contributed by atoms with Gasteiger partial charge in [0.2, 0.25) is 11.8 Å². The third-order valence-electron chi connectivity index (χ3n) is 3.42. The molecule has 0 bridgehead atoms. The summed E-state index contributed by atoms with van der Waals surface area (Å²) in [5.41, 5.74) is 0. The quantitative estimate of drug-likeness (QED) is 0.293. The average Bonchev–Trinajstić information content (AvgIpc) is 3.38. The largest absolute Gasteiger partial charge is 0.337 e. The highest BCUT2D eigenvalue weighted by atomic mass is 33.1. The molecule has 0 aromatic heterocycles. The zero-order valence-corrected chi connectivity index (χ0v) is 16.7. The predicted molar refractivity (Wildman–Crippen MR) is 105 cm³/mol. The smallest absolute Gasteiger partial charge is 0.321 e. The Morgan fingerprint density at radius 2 is 1.65 bits per heavy atom. The van der Waals surface area contributed by atoms with Gasteiger partial charge in [-0.25, -0.2) is 9.59 Å². The third kappa shape index (κ3) is 12.9. The molecule has 0 aromatic rings. The molecule has 1 rings (SSSR count). The molecule has 0 saturated heterocycles. The van der Waals surface area contributed by atoms with Gasteiger partial charge in [-0.2, -0.15) is 0 Å². The van der Waals surface area contributed by atoms with Crippen molar-refractivity contribution in [3.8, 4) is 0 Å². The number of imide groups is 2. The van der Waals surface area contributed by atoms with E-state index in [0.717, 1.165) is 38.5 Å². The number of hydrogen-bond acceptors (Lipinski definition) is 6. The fourth-order valence-electron chi connectivity index (χ4n) is 1.92. The van der Waals surface area contributed by atoms with Crippen molar-refractivity contribution >= 4 is 45.5 Å². The number of amides is 6. The van der Waals surface area contributed by atoms with E-state index in [1.165, 1.54) is 21.6 Å². The summed E-state index contributed by atoms with van der Waals surface area (Å²) < 4.78 is 0. The molecule has 0 aliphatic heterocycles. The first-order valence-corrected chi connectivity index (χ1v) is 11.4. The van der Waals surface area contributed by atoms with E-state index in [-0.39, 0.29) is 23.6 Å². The molecule has 0 aromatic carbocycles. The molecule has 0 spiro atoms. The number of carbonyl (C=O) groups excluding carboxylic acids is 4. The van der Waals surface area contributed by atoms with E-state index in [1.54, 1.807) is 0 Å². The van der Waals surface area contributed by atoms with Gasteiger partial charge in [0, 0.05) is 24.8 Å². The summed E-state index contributed by atoms with van der Waals surface area (Å²) in [5, 5.41) is 9.83. The molecule has 8 nitrogen and oxygen atoms in total. The van der Waals surface area contributed by atoms with E-state index in [4.69, 9.17) is 0 Å². The van der Waals surface area contributed by atoms with Crippen molar-refractivity contribution in [2.45, 2.75) is 57.9 Å². The molecule has 148 valence electrons. The minimum atomic E-state index is -0.495. The van der Waals surface area contributed by atoms with Crippen LogP contribution < -0.4 is 21.3 Å². The van der Waals surface area contributed by atoms with Gasteiger partial charge in [0.25, 0.3) is 0 Å². The van der Waals surface area contributed by atoms with Crippen LogP contribution in [0.1, 0.15) is 51.9 Å². The van der Waals surface area contributed by atoms with Crippen LogP contribution in [0.2, 0.25) is 0 Å². The van der Waals surface area contributed by atoms with Gasteiger partial charge >= 0.3 is 12.1 Å². The maximum Gasteiger partial charge on any atom is 0.321 e. The van der Waals surface area contributed by atoms with Crippen molar-refractivity contribution in [3.05, 3.63) is 0 Å². The topological polar surface area (TPSA) is 116 Å². The van der Waals surface area contributed by atoms with Gasteiger partial charge in [-0.3, -0.25) is 20.2 Å². The first kappa shape index (κ1) is 22.6. The number of rotatable bonds is 12. The summed E-state index contributed by atoms with van der Waals surface area (Å²) in [4.78, 5) is 45.9. The standard InChI is InChI=1S/C16H28N4O4S2/c1-2-3-4-5-6-13(21)19-15(23)17-9-10-25-26-11-14(22)20-16(24)18-12-7-8-12/h12H,2-11H2,1H3,(H2,17,19,21,23)(H2,18,20,22,24). The van der Waals surface area contributed by atoms with Crippen LogP contribution in [-0.4, -0.2) is 48.0 Å². The van der Waals surface area contributed by atoms with Gasteiger partial charge < -0.3 is 10.6 Å². The summed E-state index contributed by atoms with van der Waals surface area (Å²) in [6.45, 7) is 2.48. The maximum atomic E-state index is 11.5. The lowest BCUT2D eigenvalue weighted by molar-refractivity contribution is -0.120. The summed E-state index contributed by atoms with van der Waals surface area (Å²) in [5.74, 6) is 0.136. The van der Waals surface area contributed by atoms with Crippen LogP contribution in [0.25, 0.3) is 0 Å². The number of nitrogens with one attached hydrogen (secondary N) is 4. The Balaban J connectivity index is 1.92. The Kier molecular flexibility index (Phi) is 12.0. The summed E-state index contributed by atoms with van der Waals surface area (Å²) in [6.07, 6.45) is 6.29. The number of hydrogen-bond donors (Lipinski definition) is 4. The van der Waals surface area contributed by atoms with Crippen LogP contribution in [0.4, 0.5) is 9.59 Å². The molecule has 10 heteroatoms. The fourth-order valence-corrected chi connectivity index (χ4v) is 3.66. The van der Waals surface area contributed by atoms with Crippen molar-refractivity contribution in [1.29, 1.82) is 0 Å². The lowest BCUT2D eigenvalue weighted by Gasteiger charge is -2.07. The molecule has 0 unspecified atom stereocenters. The Morgan fingerprint density at radius 1 is 0.923 bits per heavy atom. The molecular formula is C16H28N4O4S2. The summed E-state index contributed by atoms with van der Waals surface area (Å²) in [7, 11) is 2.72. The molecule has 0 atom stereocenters. The van der Waals surface area contributed by atoms with E-state index in [1.807, 2.05) is 0 Å². The van der Waals surface area contributed by atoms with Crippen molar-refractivity contribution in [3.63, 3.8) is 0 Å². The summed E-state index contributed by atoms with van der Waals surface area (Å²) in [6, 6.07) is -0.725. The fraction of sp³-hybridized carbons (Fsp3) is 0.750. The Hall–Kier alpha value is -1.42. The Bertz CT molecular complexity index is 487. The van der Waals surface area contributed by atoms with Gasteiger partial charge in [-0.05, 0) is 19.3 Å². The highest BCUT2D eigenvalue weighted by Gasteiger charge is 2.23. The molecule has 1 fully saturated rings. The van der Waals surface area contributed by atoms with Crippen LogP contribution in [-0.2, 0) is 9.59 Å². The molecule has 26 heavy (non-hydrogen) atoms. The third-order valence-corrected chi connectivity index (χ3v) is 5.69. The SMILES string of the molecule is CCCCCCC(=O)NC(=O)NCCSSCC(=O)NC(=O)NC1CC1. The van der Waals surface area contributed by atoms with E-state index in [9.17, 15) is 19.2 Å². The summed E-state index contributed by atoms with van der Waals surface area (Å²) >= 11 is 0. The zero-order valence-electron chi connectivity index (χ0n) is 15.1. The lowest BCUT2D eigenvalue weighted by Crippen LogP contribution is -2.41. The molecule has 1 saturated carbocycles. The van der Waals surface area contributed by atoms with Crippen LogP contribution in [0.15, 0.2) is 0 Å². The first-order chi connectivity index (χ1) is 12.5. The van der Waals surface area contributed by atoms with Gasteiger partial charge in [0.05, 0.1) is 5.75 Å². The van der Waals surface area contributed by atoms with Crippen molar-refractivity contribution in [2.24, 2.45) is 0 Å². The highest BCUT2D eigenvalue weighted by molar-refractivity contribution is 8.76. The van der Waals surface area contributed by atoms with E-state index >= 15 is 0 Å². The lowest BCUT2D eigenvalue weighted by atomic mass is 10.1. The molecular weight excluding hydrogens is 376 g/mol. The van der Waals surface area contributed by atoms with Gasteiger partial charge in [-0.1, -0.05) is 47.8 Å². The van der Waals surface area contributed by atoms with Crippen LogP contribution in [0.5, 0.6) is 0 Å². The minimum absolute atomic E-state index is 0.158. The predicted octanol–water partition coefficient (Wildman–Crippen LogP) is 2.15. The first-order valence-electron chi connectivity index (χ1n) is 8.93. The van der Waals surface area contributed by atoms with Gasteiger partial charge in [-0.15, -0.1) is 0 Å². The van der Waals surface area contributed by atoms with E-state index < -0.39 is 12.1 Å². The average molecular weight is 405 g/mol. The maximum absolute atomic E-state index is 11.5. The van der Waals surface area contributed by atoms with Crippen LogP contribution in [0.3, 0.4) is 0 Å². The second kappa shape index (κ2) is 13.7. The molecule has 6 amide bonds. The molecule has 0 heterocycles. The minimum Gasteiger partial charge on any atom is -0.337 e. The normalized spacial score (nSPS) is 13.0.